The molecule has 1 aliphatic rings. The molecule has 0 saturated carbocycles. The van der Waals surface area contributed by atoms with E-state index in [0.717, 1.165) is 0 Å². The van der Waals surface area contributed by atoms with E-state index in [9.17, 15) is 22.0 Å². The molecule has 0 radical (unpaired) electrons. The van der Waals surface area contributed by atoms with Gasteiger partial charge in [-0.15, -0.1) is 0 Å². The molecule has 16 heavy (non-hydrogen) atoms. The molecule has 0 aromatic carbocycles. The Morgan fingerprint density at radius 2 is 1.62 bits per heavy atom. The maximum atomic E-state index is 13.1. The van der Waals surface area contributed by atoms with Gasteiger partial charge in [0.15, 0.2) is 0 Å². The van der Waals surface area contributed by atoms with Gasteiger partial charge in [0, 0.05) is 5.41 Å². The molecule has 8 heteroatoms. The molecule has 94 valence electrons. The summed E-state index contributed by atoms with van der Waals surface area (Å²) in [6.45, 7) is 3.88. The Balaban J connectivity index is 3.03. The van der Waals surface area contributed by atoms with Crippen molar-refractivity contribution in [2.75, 3.05) is 6.67 Å². The average Bonchev–Trinajstić information content (AvgIpc) is 2.47. The van der Waals surface area contributed by atoms with Gasteiger partial charge in [-0.25, -0.2) is 0 Å². The highest BCUT2D eigenvalue weighted by Gasteiger charge is 2.64. The number of nitrogens with zero attached hydrogens (tertiary/aromatic N) is 2. The number of rotatable bonds is 1. The third-order valence-corrected chi connectivity index (χ3v) is 2.02. The van der Waals surface area contributed by atoms with Crippen molar-refractivity contribution in [3.63, 3.8) is 0 Å². The van der Waals surface area contributed by atoms with Crippen molar-refractivity contribution in [1.29, 1.82) is 0 Å². The summed E-state index contributed by atoms with van der Waals surface area (Å²) in [6.07, 6.45) is -5.62. The highest BCUT2D eigenvalue weighted by atomic mass is 19.4. The van der Waals surface area contributed by atoms with E-state index in [1.165, 1.54) is 20.8 Å². The maximum Gasteiger partial charge on any atom is 0.475 e. The standard InChI is InChI=1S/C8H12F5N3/c1-6(2,3)5-15-14-4-16(5)8(12,13)7(9,10)11/h14H,4H2,1-3H3. The van der Waals surface area contributed by atoms with Crippen LogP contribution in [0.15, 0.2) is 5.10 Å². The molecule has 0 spiro atoms. The predicted molar refractivity (Wildman–Crippen MR) is 47.7 cm³/mol. The lowest BCUT2D eigenvalue weighted by Gasteiger charge is -2.34. The van der Waals surface area contributed by atoms with E-state index in [1.54, 1.807) is 0 Å². The highest BCUT2D eigenvalue weighted by Crippen LogP contribution is 2.40. The summed E-state index contributed by atoms with van der Waals surface area (Å²) in [6, 6.07) is -4.91. The summed E-state index contributed by atoms with van der Waals surface area (Å²) in [4.78, 5) is -0.0625. The van der Waals surface area contributed by atoms with Crippen LogP contribution in [0.2, 0.25) is 0 Å². The Morgan fingerprint density at radius 3 is 2.00 bits per heavy atom. The molecule has 0 aromatic rings. The average molecular weight is 245 g/mol. The van der Waals surface area contributed by atoms with E-state index in [0.29, 0.717) is 0 Å². The number of hydrogen-bond donors (Lipinski definition) is 1. The summed E-state index contributed by atoms with van der Waals surface area (Å²) in [7, 11) is 0. The second-order valence-corrected chi connectivity index (χ2v) is 4.47. The second kappa shape index (κ2) is 3.46. The van der Waals surface area contributed by atoms with Gasteiger partial charge < -0.3 is 0 Å². The molecule has 1 heterocycles. The third-order valence-electron chi connectivity index (χ3n) is 2.02. The monoisotopic (exact) mass is 245 g/mol. The minimum Gasteiger partial charge on any atom is -0.289 e. The van der Waals surface area contributed by atoms with Crippen LogP contribution in [0.5, 0.6) is 0 Å². The van der Waals surface area contributed by atoms with Crippen LogP contribution in [0.4, 0.5) is 22.0 Å². The molecule has 1 aliphatic heterocycles. The smallest absolute Gasteiger partial charge is 0.289 e. The van der Waals surface area contributed by atoms with Crippen molar-refractivity contribution in [1.82, 2.24) is 10.3 Å². The zero-order valence-electron chi connectivity index (χ0n) is 8.99. The first-order valence-electron chi connectivity index (χ1n) is 4.51. The van der Waals surface area contributed by atoms with Crippen molar-refractivity contribution in [3.8, 4) is 0 Å². The van der Waals surface area contributed by atoms with Gasteiger partial charge in [-0.05, 0) is 0 Å². The maximum absolute atomic E-state index is 13.1. The number of halogens is 5. The predicted octanol–water partition coefficient (Wildman–Crippen LogP) is 2.36. The van der Waals surface area contributed by atoms with Crippen LogP contribution >= 0.6 is 0 Å². The van der Waals surface area contributed by atoms with Crippen molar-refractivity contribution in [3.05, 3.63) is 0 Å². The first kappa shape index (κ1) is 13.0. The van der Waals surface area contributed by atoms with E-state index in [4.69, 9.17) is 0 Å². The lowest BCUT2D eigenvalue weighted by molar-refractivity contribution is -0.326. The summed E-state index contributed by atoms with van der Waals surface area (Å²) in [5.41, 5.74) is 1.25. The molecule has 0 aliphatic carbocycles. The number of alkyl halides is 5. The molecule has 0 saturated heterocycles. The Bertz CT molecular complexity index is 302. The van der Waals surface area contributed by atoms with Crippen LogP contribution < -0.4 is 5.43 Å². The Kier molecular flexibility index (Phi) is 2.81. The minimum absolute atomic E-state index is 0.0625. The summed E-state index contributed by atoms with van der Waals surface area (Å²) in [5, 5.41) is 3.48. The lowest BCUT2D eigenvalue weighted by Crippen LogP contribution is -2.56. The fraction of sp³-hybridized carbons (Fsp3) is 0.875. The Labute approximate surface area is 89.3 Å². The SMILES string of the molecule is CC(C)(C)C1=NNCN1C(F)(F)C(F)(F)F. The van der Waals surface area contributed by atoms with Gasteiger partial charge in [-0.3, -0.25) is 10.3 Å². The van der Waals surface area contributed by atoms with E-state index in [2.05, 4.69) is 10.5 Å². The van der Waals surface area contributed by atoms with Crippen molar-refractivity contribution in [2.24, 2.45) is 10.5 Å². The fourth-order valence-electron chi connectivity index (χ4n) is 1.27. The Morgan fingerprint density at radius 1 is 1.12 bits per heavy atom. The van der Waals surface area contributed by atoms with E-state index >= 15 is 0 Å². The zero-order chi connectivity index (χ0) is 12.8. The molecule has 3 nitrogen and oxygen atoms in total. The topological polar surface area (TPSA) is 27.6 Å². The second-order valence-electron chi connectivity index (χ2n) is 4.47. The molecule has 1 N–H and O–H groups in total. The molecule has 0 unspecified atom stereocenters. The molecular formula is C8H12F5N3. The number of amidine groups is 1. The van der Waals surface area contributed by atoms with Crippen molar-refractivity contribution < 1.29 is 22.0 Å². The van der Waals surface area contributed by atoms with Crippen LogP contribution in [-0.4, -0.2) is 29.6 Å². The van der Waals surface area contributed by atoms with Crippen molar-refractivity contribution in [2.45, 2.75) is 33.0 Å². The van der Waals surface area contributed by atoms with Gasteiger partial charge >= 0.3 is 12.2 Å². The van der Waals surface area contributed by atoms with E-state index in [-0.39, 0.29) is 10.7 Å². The normalized spacial score (nSPS) is 18.5. The minimum atomic E-state index is -5.62. The van der Waals surface area contributed by atoms with Gasteiger partial charge in [0.05, 0.1) is 0 Å². The first-order valence-corrected chi connectivity index (χ1v) is 4.51. The van der Waals surface area contributed by atoms with Crippen LogP contribution in [0.1, 0.15) is 20.8 Å². The molecule has 1 rings (SSSR count). The number of nitrogens with one attached hydrogen (secondary N) is 1. The summed E-state index contributed by atoms with van der Waals surface area (Å²) >= 11 is 0. The van der Waals surface area contributed by atoms with Gasteiger partial charge in [-0.2, -0.15) is 27.1 Å². The molecular weight excluding hydrogens is 233 g/mol. The molecule has 0 amide bonds. The third kappa shape index (κ3) is 2.05. The molecule has 0 atom stereocenters. The summed E-state index contributed by atoms with van der Waals surface area (Å²) in [5.74, 6) is -0.310. The molecule has 0 aromatic heterocycles. The first-order chi connectivity index (χ1) is 6.98. The van der Waals surface area contributed by atoms with E-state index < -0.39 is 24.3 Å². The van der Waals surface area contributed by atoms with Gasteiger partial charge in [0.25, 0.3) is 0 Å². The fourth-order valence-corrected chi connectivity index (χ4v) is 1.27. The Hall–Kier alpha value is -1.08. The summed E-state index contributed by atoms with van der Waals surface area (Å²) < 4.78 is 62.7. The van der Waals surface area contributed by atoms with Crippen LogP contribution in [0.25, 0.3) is 0 Å². The van der Waals surface area contributed by atoms with Gasteiger partial charge in [-0.1, -0.05) is 20.8 Å². The van der Waals surface area contributed by atoms with E-state index in [1.807, 2.05) is 0 Å². The van der Waals surface area contributed by atoms with Crippen molar-refractivity contribution >= 4 is 5.84 Å². The molecule has 0 bridgehead atoms. The molecule has 0 fully saturated rings. The van der Waals surface area contributed by atoms with Crippen LogP contribution in [0.3, 0.4) is 0 Å². The lowest BCUT2D eigenvalue weighted by atomic mass is 9.94. The van der Waals surface area contributed by atoms with Crippen LogP contribution in [0, 0.1) is 5.41 Å². The zero-order valence-corrected chi connectivity index (χ0v) is 8.99. The number of hydrazone groups is 1. The van der Waals surface area contributed by atoms with Crippen LogP contribution in [-0.2, 0) is 0 Å². The highest BCUT2D eigenvalue weighted by molar-refractivity contribution is 5.88. The quantitative estimate of drug-likeness (QED) is 0.567. The number of hydrogen-bond acceptors (Lipinski definition) is 3. The van der Waals surface area contributed by atoms with Gasteiger partial charge in [0.1, 0.15) is 12.5 Å². The van der Waals surface area contributed by atoms with Gasteiger partial charge in [0.2, 0.25) is 0 Å². The largest absolute Gasteiger partial charge is 0.475 e.